The maximum absolute atomic E-state index is 12.5. The van der Waals surface area contributed by atoms with Crippen molar-refractivity contribution < 1.29 is 8.78 Å². The lowest BCUT2D eigenvalue weighted by Crippen LogP contribution is -2.11. The molecule has 112 valence electrons. The van der Waals surface area contributed by atoms with Gasteiger partial charge in [-0.15, -0.1) is 12.4 Å². The van der Waals surface area contributed by atoms with Crippen LogP contribution in [0.15, 0.2) is 18.5 Å². The number of aromatic nitrogens is 4. The molecular weight excluding hydrogens is 288 g/mol. The summed E-state index contributed by atoms with van der Waals surface area (Å²) >= 11 is 0. The maximum Gasteiger partial charge on any atom is 0.333 e. The van der Waals surface area contributed by atoms with Crippen molar-refractivity contribution >= 4 is 18.1 Å². The molecular formula is C12H18ClF2N5. The summed E-state index contributed by atoms with van der Waals surface area (Å²) < 4.78 is 27.5. The summed E-state index contributed by atoms with van der Waals surface area (Å²) in [6.45, 7) is 3.68. The fourth-order valence-corrected chi connectivity index (χ4v) is 1.89. The summed E-state index contributed by atoms with van der Waals surface area (Å²) in [4.78, 5) is 0. The van der Waals surface area contributed by atoms with Crippen molar-refractivity contribution in [2.75, 3.05) is 5.32 Å². The summed E-state index contributed by atoms with van der Waals surface area (Å²) in [5.74, 6) is 0. The Bertz CT molecular complexity index is 550. The maximum atomic E-state index is 12.5. The van der Waals surface area contributed by atoms with E-state index in [0.717, 1.165) is 5.69 Å². The molecule has 20 heavy (non-hydrogen) atoms. The number of halogens is 3. The summed E-state index contributed by atoms with van der Waals surface area (Å²) in [6, 6.07) is 2.16. The van der Waals surface area contributed by atoms with E-state index in [4.69, 9.17) is 0 Å². The number of nitrogens with one attached hydrogen (secondary N) is 1. The van der Waals surface area contributed by atoms with Crippen molar-refractivity contribution in [2.45, 2.75) is 39.9 Å². The number of aryl methyl sites for hydroxylation is 1. The number of hydrogen-bond donors (Lipinski definition) is 1. The Morgan fingerprint density at radius 2 is 2.05 bits per heavy atom. The Morgan fingerprint density at radius 3 is 2.60 bits per heavy atom. The molecule has 0 bridgehead atoms. The molecule has 0 unspecified atom stereocenters. The van der Waals surface area contributed by atoms with E-state index < -0.39 is 6.55 Å². The Balaban J connectivity index is 0.00000200. The first-order valence-electron chi connectivity index (χ1n) is 6.09. The fourth-order valence-electron chi connectivity index (χ4n) is 1.89. The predicted molar refractivity (Wildman–Crippen MR) is 75.4 cm³/mol. The van der Waals surface area contributed by atoms with Crippen LogP contribution in [-0.4, -0.2) is 19.6 Å². The zero-order chi connectivity index (χ0) is 14.0. The second-order valence-corrected chi connectivity index (χ2v) is 4.60. The van der Waals surface area contributed by atoms with Crippen LogP contribution < -0.4 is 5.32 Å². The van der Waals surface area contributed by atoms with Crippen molar-refractivity contribution in [3.63, 3.8) is 0 Å². The SMILES string of the molecule is Cc1nn(C(F)F)cc1NCc1ccnn1C(C)C.Cl. The second kappa shape index (κ2) is 6.69. The number of alkyl halides is 2. The highest BCUT2D eigenvalue weighted by atomic mass is 35.5. The molecule has 0 fully saturated rings. The van der Waals surface area contributed by atoms with Crippen LogP contribution in [-0.2, 0) is 6.54 Å². The van der Waals surface area contributed by atoms with Gasteiger partial charge in [-0.25, -0.2) is 4.68 Å². The van der Waals surface area contributed by atoms with Gasteiger partial charge in [0.1, 0.15) is 0 Å². The number of nitrogens with zero attached hydrogens (tertiary/aromatic N) is 4. The van der Waals surface area contributed by atoms with Gasteiger partial charge in [0, 0.05) is 12.2 Å². The highest BCUT2D eigenvalue weighted by Crippen LogP contribution is 2.19. The average molecular weight is 306 g/mol. The summed E-state index contributed by atoms with van der Waals surface area (Å²) in [5.41, 5.74) is 2.16. The lowest BCUT2D eigenvalue weighted by molar-refractivity contribution is 0.0563. The van der Waals surface area contributed by atoms with Crippen molar-refractivity contribution in [2.24, 2.45) is 0 Å². The van der Waals surface area contributed by atoms with E-state index in [-0.39, 0.29) is 18.4 Å². The minimum Gasteiger partial charge on any atom is -0.377 e. The molecule has 2 aromatic heterocycles. The number of anilines is 1. The lowest BCUT2D eigenvalue weighted by Gasteiger charge is -2.11. The van der Waals surface area contributed by atoms with E-state index in [1.807, 2.05) is 24.6 Å². The topological polar surface area (TPSA) is 47.7 Å². The average Bonchev–Trinajstić information content (AvgIpc) is 2.92. The molecule has 0 radical (unpaired) electrons. The molecule has 2 rings (SSSR count). The molecule has 5 nitrogen and oxygen atoms in total. The fraction of sp³-hybridized carbons (Fsp3) is 0.500. The van der Waals surface area contributed by atoms with E-state index in [2.05, 4.69) is 15.5 Å². The highest BCUT2D eigenvalue weighted by molar-refractivity contribution is 5.85. The Labute approximate surface area is 122 Å². The minimum absolute atomic E-state index is 0. The van der Waals surface area contributed by atoms with Crippen LogP contribution in [0, 0.1) is 6.92 Å². The van der Waals surface area contributed by atoms with Crippen molar-refractivity contribution in [3.05, 3.63) is 29.8 Å². The normalized spacial score (nSPS) is 10.9. The first kappa shape index (κ1) is 16.4. The van der Waals surface area contributed by atoms with Crippen molar-refractivity contribution in [3.8, 4) is 0 Å². The van der Waals surface area contributed by atoms with Gasteiger partial charge in [0.05, 0.1) is 29.8 Å². The molecule has 0 aliphatic carbocycles. The third kappa shape index (κ3) is 3.47. The summed E-state index contributed by atoms with van der Waals surface area (Å²) in [6.07, 6.45) is 3.04. The van der Waals surface area contributed by atoms with Gasteiger partial charge in [0.2, 0.25) is 0 Å². The third-order valence-electron chi connectivity index (χ3n) is 2.82. The zero-order valence-electron chi connectivity index (χ0n) is 11.5. The molecule has 2 aromatic rings. The summed E-state index contributed by atoms with van der Waals surface area (Å²) in [7, 11) is 0. The van der Waals surface area contributed by atoms with E-state index in [9.17, 15) is 8.78 Å². The van der Waals surface area contributed by atoms with Gasteiger partial charge < -0.3 is 5.32 Å². The van der Waals surface area contributed by atoms with Gasteiger partial charge in [-0.05, 0) is 26.8 Å². The third-order valence-corrected chi connectivity index (χ3v) is 2.82. The van der Waals surface area contributed by atoms with Crippen LogP contribution in [0.25, 0.3) is 0 Å². The van der Waals surface area contributed by atoms with Gasteiger partial charge in [-0.3, -0.25) is 4.68 Å². The van der Waals surface area contributed by atoms with E-state index in [0.29, 0.717) is 22.6 Å². The van der Waals surface area contributed by atoms with Gasteiger partial charge in [-0.2, -0.15) is 19.0 Å². The second-order valence-electron chi connectivity index (χ2n) is 4.60. The monoisotopic (exact) mass is 305 g/mol. The molecule has 0 saturated heterocycles. The predicted octanol–water partition coefficient (Wildman–Crippen LogP) is 3.40. The molecule has 0 atom stereocenters. The first-order valence-corrected chi connectivity index (χ1v) is 6.09. The molecule has 0 aliphatic heterocycles. The van der Waals surface area contributed by atoms with Gasteiger partial charge in [0.25, 0.3) is 0 Å². The van der Waals surface area contributed by atoms with E-state index in [1.165, 1.54) is 6.20 Å². The molecule has 8 heteroatoms. The van der Waals surface area contributed by atoms with Crippen LogP contribution in [0.2, 0.25) is 0 Å². The highest BCUT2D eigenvalue weighted by Gasteiger charge is 2.12. The molecule has 0 aromatic carbocycles. The lowest BCUT2D eigenvalue weighted by atomic mass is 10.3. The Kier molecular flexibility index (Phi) is 5.50. The van der Waals surface area contributed by atoms with E-state index in [1.54, 1.807) is 13.1 Å². The van der Waals surface area contributed by atoms with E-state index >= 15 is 0 Å². The molecule has 2 heterocycles. The molecule has 0 amide bonds. The van der Waals surface area contributed by atoms with Crippen molar-refractivity contribution in [1.29, 1.82) is 0 Å². The van der Waals surface area contributed by atoms with Crippen LogP contribution in [0.5, 0.6) is 0 Å². The van der Waals surface area contributed by atoms with Gasteiger partial charge in [0.15, 0.2) is 0 Å². The number of hydrogen-bond acceptors (Lipinski definition) is 3. The van der Waals surface area contributed by atoms with Crippen molar-refractivity contribution in [1.82, 2.24) is 19.6 Å². The zero-order valence-corrected chi connectivity index (χ0v) is 12.4. The smallest absolute Gasteiger partial charge is 0.333 e. The first-order chi connectivity index (χ1) is 8.99. The van der Waals surface area contributed by atoms with Crippen LogP contribution in [0.4, 0.5) is 14.5 Å². The Hall–Kier alpha value is -1.63. The Morgan fingerprint density at radius 1 is 1.35 bits per heavy atom. The van der Waals surface area contributed by atoms with Crippen LogP contribution in [0.3, 0.4) is 0 Å². The molecule has 1 N–H and O–H groups in total. The van der Waals surface area contributed by atoms with Crippen LogP contribution >= 0.6 is 12.4 Å². The molecule has 0 aliphatic rings. The number of rotatable bonds is 5. The summed E-state index contributed by atoms with van der Waals surface area (Å²) in [5, 5.41) is 11.1. The van der Waals surface area contributed by atoms with Crippen LogP contribution in [0.1, 0.15) is 37.8 Å². The molecule has 0 saturated carbocycles. The standard InChI is InChI=1S/C12H17F2N5.ClH/c1-8(2)19-10(4-5-16-19)6-15-11-7-18(12(13)14)17-9(11)3;/h4-5,7-8,12,15H,6H2,1-3H3;1H. The quantitative estimate of drug-likeness (QED) is 0.921. The minimum atomic E-state index is -2.62. The van der Waals surface area contributed by atoms with Gasteiger partial charge >= 0.3 is 6.55 Å². The molecule has 0 spiro atoms. The van der Waals surface area contributed by atoms with Gasteiger partial charge in [-0.1, -0.05) is 0 Å². The largest absolute Gasteiger partial charge is 0.377 e.